The maximum atomic E-state index is 13.0. The van der Waals surface area contributed by atoms with Crippen LogP contribution in [-0.4, -0.2) is 29.1 Å². The second kappa shape index (κ2) is 8.96. The molecule has 0 spiro atoms. The van der Waals surface area contributed by atoms with Crippen LogP contribution < -0.4 is 5.32 Å². The topological polar surface area (TPSA) is 92.7 Å². The number of cyclic esters (lactones) is 1. The quantitative estimate of drug-likeness (QED) is 0.480. The first-order valence-corrected chi connectivity index (χ1v) is 10.6. The number of allylic oxidation sites excluding steroid dienone is 2. The number of carbonyl (C=O) groups is 3. The molecular weight excluding hydrogens is 427 g/mol. The molecule has 2 unspecified atom stereocenters. The number of hydrogen-bond donors (Lipinski definition) is 2. The number of amides is 1. The molecule has 2 N–H and O–H groups in total. The minimum atomic E-state index is -5.12. The van der Waals surface area contributed by atoms with Crippen molar-refractivity contribution >= 4 is 23.5 Å². The summed E-state index contributed by atoms with van der Waals surface area (Å²) in [6.07, 6.45) is -0.336. The lowest BCUT2D eigenvalue weighted by atomic mass is 9.85. The summed E-state index contributed by atoms with van der Waals surface area (Å²) in [5, 5.41) is 11.3. The number of anilines is 1. The van der Waals surface area contributed by atoms with Gasteiger partial charge in [-0.15, -0.1) is 0 Å². The van der Waals surface area contributed by atoms with E-state index in [-0.39, 0.29) is 30.2 Å². The van der Waals surface area contributed by atoms with E-state index in [9.17, 15) is 32.7 Å². The predicted octanol–water partition coefficient (Wildman–Crippen LogP) is 4.72. The van der Waals surface area contributed by atoms with Crippen LogP contribution in [0.4, 0.5) is 18.9 Å². The first-order chi connectivity index (χ1) is 15.0. The van der Waals surface area contributed by atoms with Crippen LogP contribution in [0.1, 0.15) is 65.7 Å². The van der Waals surface area contributed by atoms with Gasteiger partial charge in [0.05, 0.1) is 17.2 Å². The number of nitrogens with one attached hydrogen (secondary N) is 1. The van der Waals surface area contributed by atoms with Gasteiger partial charge in [0.2, 0.25) is 0 Å². The molecule has 9 heteroatoms. The number of ether oxygens (including phenoxy) is 1. The SMILES string of the molecule is CCc1c(C)c2c(c(NC(=O)C(F)(F)F)c1C/C=C1\CCCC1C(C)C(=O)O)C(=O)OC2. The molecule has 1 fully saturated rings. The molecule has 1 amide bonds. The lowest BCUT2D eigenvalue weighted by Gasteiger charge is -2.21. The van der Waals surface area contributed by atoms with Gasteiger partial charge in [0.25, 0.3) is 0 Å². The van der Waals surface area contributed by atoms with E-state index in [0.29, 0.717) is 24.0 Å². The third-order valence-corrected chi connectivity index (χ3v) is 6.54. The molecule has 0 saturated heterocycles. The Balaban J connectivity index is 2.11. The third-order valence-electron chi connectivity index (χ3n) is 6.54. The molecule has 0 aromatic heterocycles. The zero-order chi connectivity index (χ0) is 23.8. The highest BCUT2D eigenvalue weighted by molar-refractivity contribution is 6.06. The number of carboxylic acid groups (broad SMARTS) is 1. The highest BCUT2D eigenvalue weighted by Crippen LogP contribution is 2.40. The van der Waals surface area contributed by atoms with E-state index in [1.807, 2.05) is 18.3 Å². The highest BCUT2D eigenvalue weighted by Gasteiger charge is 2.41. The van der Waals surface area contributed by atoms with Gasteiger partial charge in [-0.25, -0.2) is 4.79 Å². The molecule has 1 aromatic rings. The molecule has 1 aliphatic heterocycles. The second-order valence-corrected chi connectivity index (χ2v) is 8.30. The van der Waals surface area contributed by atoms with E-state index in [1.165, 1.54) is 0 Å². The number of halogens is 3. The molecule has 32 heavy (non-hydrogen) atoms. The molecule has 6 nitrogen and oxygen atoms in total. The number of hydrogen-bond acceptors (Lipinski definition) is 4. The van der Waals surface area contributed by atoms with E-state index in [0.717, 1.165) is 29.5 Å². The molecule has 1 aliphatic carbocycles. The number of carboxylic acids is 1. The van der Waals surface area contributed by atoms with Crippen LogP contribution in [-0.2, 0) is 33.8 Å². The number of rotatable bonds is 6. The summed E-state index contributed by atoms with van der Waals surface area (Å²) in [4.78, 5) is 35.6. The van der Waals surface area contributed by atoms with Crippen molar-refractivity contribution in [3.63, 3.8) is 0 Å². The lowest BCUT2D eigenvalue weighted by Crippen LogP contribution is -2.31. The van der Waals surface area contributed by atoms with Crippen LogP contribution in [0.15, 0.2) is 11.6 Å². The van der Waals surface area contributed by atoms with Crippen LogP contribution in [0, 0.1) is 18.8 Å². The zero-order valence-corrected chi connectivity index (χ0v) is 18.2. The van der Waals surface area contributed by atoms with Gasteiger partial charge in [-0.1, -0.05) is 25.5 Å². The normalized spacial score (nSPS) is 20.2. The maximum absolute atomic E-state index is 13.0. The summed E-state index contributed by atoms with van der Waals surface area (Å²) in [6, 6.07) is 0. The summed E-state index contributed by atoms with van der Waals surface area (Å²) in [7, 11) is 0. The van der Waals surface area contributed by atoms with Gasteiger partial charge in [-0.3, -0.25) is 9.59 Å². The number of esters is 1. The number of aliphatic carboxylic acids is 1. The molecule has 1 saturated carbocycles. The van der Waals surface area contributed by atoms with Crippen LogP contribution in [0.25, 0.3) is 0 Å². The van der Waals surface area contributed by atoms with Gasteiger partial charge in [-0.2, -0.15) is 13.2 Å². The van der Waals surface area contributed by atoms with Crippen molar-refractivity contribution in [3.05, 3.63) is 39.5 Å². The van der Waals surface area contributed by atoms with Gasteiger partial charge < -0.3 is 15.2 Å². The summed E-state index contributed by atoms with van der Waals surface area (Å²) in [5.41, 5.74) is 3.17. The van der Waals surface area contributed by atoms with Gasteiger partial charge in [0.1, 0.15) is 6.61 Å². The highest BCUT2D eigenvalue weighted by atomic mass is 19.4. The number of carbonyl (C=O) groups excluding carboxylic acids is 2. The zero-order valence-electron chi connectivity index (χ0n) is 18.2. The number of fused-ring (bicyclic) bond motifs is 1. The Labute approximate surface area is 183 Å². The molecule has 1 aromatic carbocycles. The Kier molecular flexibility index (Phi) is 6.67. The summed E-state index contributed by atoms with van der Waals surface area (Å²) < 4.78 is 44.2. The van der Waals surface area contributed by atoms with Crippen molar-refractivity contribution < 1.29 is 37.4 Å². The largest absolute Gasteiger partial charge is 0.481 e. The fourth-order valence-corrected chi connectivity index (χ4v) is 4.82. The Morgan fingerprint density at radius 1 is 1.31 bits per heavy atom. The lowest BCUT2D eigenvalue weighted by molar-refractivity contribution is -0.167. The Morgan fingerprint density at radius 3 is 2.59 bits per heavy atom. The van der Waals surface area contributed by atoms with Crippen LogP contribution in [0.5, 0.6) is 0 Å². The first-order valence-electron chi connectivity index (χ1n) is 10.6. The molecular formula is C23H26F3NO5. The standard InChI is InChI=1S/C23H26F3NO5/c1-4-14-11(2)17-10-32-21(30)18(17)19(27-22(31)23(24,25)26)16(14)9-8-13-6-5-7-15(13)12(3)20(28)29/h8,12,15H,4-7,9-10H2,1-3H3,(H,27,31)(H,28,29)/b13-8+. The van der Waals surface area contributed by atoms with Crippen molar-refractivity contribution in [2.24, 2.45) is 11.8 Å². The monoisotopic (exact) mass is 453 g/mol. The Hall–Kier alpha value is -2.84. The van der Waals surface area contributed by atoms with Gasteiger partial charge in [0, 0.05) is 5.56 Å². The van der Waals surface area contributed by atoms with E-state index in [4.69, 9.17) is 4.74 Å². The smallest absolute Gasteiger partial charge is 0.471 e. The van der Waals surface area contributed by atoms with Gasteiger partial charge in [0.15, 0.2) is 0 Å². The summed E-state index contributed by atoms with van der Waals surface area (Å²) >= 11 is 0. The average molecular weight is 453 g/mol. The maximum Gasteiger partial charge on any atom is 0.471 e. The molecule has 0 radical (unpaired) electrons. The summed E-state index contributed by atoms with van der Waals surface area (Å²) in [5.74, 6) is -4.54. The minimum absolute atomic E-state index is 0.0347. The van der Waals surface area contributed by atoms with Crippen molar-refractivity contribution in [2.75, 3.05) is 5.32 Å². The molecule has 0 bridgehead atoms. The van der Waals surface area contributed by atoms with E-state index >= 15 is 0 Å². The predicted molar refractivity (Wildman–Crippen MR) is 110 cm³/mol. The average Bonchev–Trinajstić information content (AvgIpc) is 3.34. The minimum Gasteiger partial charge on any atom is -0.481 e. The molecule has 2 aliphatic rings. The van der Waals surface area contributed by atoms with Crippen molar-refractivity contribution in [3.8, 4) is 0 Å². The fraction of sp³-hybridized carbons (Fsp3) is 0.522. The third kappa shape index (κ3) is 4.38. The summed E-state index contributed by atoms with van der Waals surface area (Å²) in [6.45, 7) is 5.23. The van der Waals surface area contributed by atoms with Crippen LogP contribution >= 0.6 is 0 Å². The second-order valence-electron chi connectivity index (χ2n) is 8.30. The van der Waals surface area contributed by atoms with E-state index < -0.39 is 29.9 Å². The molecule has 174 valence electrons. The fourth-order valence-electron chi connectivity index (χ4n) is 4.82. The number of benzene rings is 1. The van der Waals surface area contributed by atoms with E-state index in [2.05, 4.69) is 0 Å². The van der Waals surface area contributed by atoms with Crippen molar-refractivity contribution in [2.45, 2.75) is 65.7 Å². The van der Waals surface area contributed by atoms with Crippen LogP contribution in [0.3, 0.4) is 0 Å². The Morgan fingerprint density at radius 2 is 2.00 bits per heavy atom. The molecule has 1 heterocycles. The van der Waals surface area contributed by atoms with Gasteiger partial charge >= 0.3 is 24.0 Å². The number of alkyl halides is 3. The molecule has 3 rings (SSSR count). The Bertz CT molecular complexity index is 997. The molecule has 2 atom stereocenters. The first kappa shape index (κ1) is 23.8. The van der Waals surface area contributed by atoms with E-state index in [1.54, 1.807) is 13.8 Å². The van der Waals surface area contributed by atoms with Crippen LogP contribution in [0.2, 0.25) is 0 Å². The van der Waals surface area contributed by atoms with Crippen molar-refractivity contribution in [1.82, 2.24) is 0 Å². The van der Waals surface area contributed by atoms with Gasteiger partial charge in [-0.05, 0) is 61.6 Å². The van der Waals surface area contributed by atoms with Crippen molar-refractivity contribution in [1.29, 1.82) is 0 Å².